The molecular formula is C12H14BrN3O2. The maximum absolute atomic E-state index is 5.90. The molecular weight excluding hydrogens is 298 g/mol. The van der Waals surface area contributed by atoms with Crippen LogP contribution in [0.1, 0.15) is 30.2 Å². The second-order valence-corrected chi connectivity index (χ2v) is 4.91. The molecule has 0 radical (unpaired) electrons. The number of aryl methyl sites for hydroxylation is 1. The van der Waals surface area contributed by atoms with Crippen LogP contribution < -0.4 is 10.5 Å². The summed E-state index contributed by atoms with van der Waals surface area (Å²) in [5.41, 5.74) is 6.84. The van der Waals surface area contributed by atoms with Crippen molar-refractivity contribution in [1.82, 2.24) is 10.1 Å². The van der Waals surface area contributed by atoms with Crippen molar-refractivity contribution in [3.8, 4) is 5.75 Å². The van der Waals surface area contributed by atoms with Crippen molar-refractivity contribution in [2.75, 3.05) is 0 Å². The van der Waals surface area contributed by atoms with E-state index in [0.29, 0.717) is 11.7 Å². The quantitative estimate of drug-likeness (QED) is 0.939. The molecule has 5 nitrogen and oxygen atoms in total. The SMILES string of the molecule is Cc1noc(COc2ccc(Br)cc2[C@@H](C)N)n1. The predicted molar refractivity (Wildman–Crippen MR) is 70.1 cm³/mol. The fraction of sp³-hybridized carbons (Fsp3) is 0.333. The van der Waals surface area contributed by atoms with E-state index in [0.717, 1.165) is 15.8 Å². The topological polar surface area (TPSA) is 74.2 Å². The van der Waals surface area contributed by atoms with E-state index in [1.165, 1.54) is 0 Å². The van der Waals surface area contributed by atoms with Crippen LogP contribution in [0, 0.1) is 6.92 Å². The van der Waals surface area contributed by atoms with Crippen molar-refractivity contribution < 1.29 is 9.26 Å². The summed E-state index contributed by atoms with van der Waals surface area (Å²) in [4.78, 5) is 4.07. The van der Waals surface area contributed by atoms with E-state index in [1.54, 1.807) is 6.92 Å². The van der Waals surface area contributed by atoms with Gasteiger partial charge in [0.25, 0.3) is 5.89 Å². The fourth-order valence-corrected chi connectivity index (χ4v) is 1.92. The molecule has 18 heavy (non-hydrogen) atoms. The van der Waals surface area contributed by atoms with Gasteiger partial charge in [0.15, 0.2) is 12.4 Å². The minimum absolute atomic E-state index is 0.109. The summed E-state index contributed by atoms with van der Waals surface area (Å²) in [6.07, 6.45) is 0. The van der Waals surface area contributed by atoms with Crippen molar-refractivity contribution in [2.24, 2.45) is 5.73 Å². The molecule has 96 valence electrons. The Labute approximate surface area is 113 Å². The highest BCUT2D eigenvalue weighted by molar-refractivity contribution is 9.10. The third-order valence-corrected chi connectivity index (χ3v) is 2.88. The van der Waals surface area contributed by atoms with E-state index < -0.39 is 0 Å². The van der Waals surface area contributed by atoms with Gasteiger partial charge in [0.2, 0.25) is 0 Å². The summed E-state index contributed by atoms with van der Waals surface area (Å²) in [6.45, 7) is 3.91. The highest BCUT2D eigenvalue weighted by Crippen LogP contribution is 2.27. The maximum atomic E-state index is 5.90. The molecule has 2 N–H and O–H groups in total. The van der Waals surface area contributed by atoms with Crippen LogP contribution in [0.3, 0.4) is 0 Å². The lowest BCUT2D eigenvalue weighted by Crippen LogP contribution is -2.08. The zero-order chi connectivity index (χ0) is 13.1. The summed E-state index contributed by atoms with van der Waals surface area (Å²) in [6, 6.07) is 5.60. The van der Waals surface area contributed by atoms with Gasteiger partial charge in [0, 0.05) is 16.1 Å². The lowest BCUT2D eigenvalue weighted by atomic mass is 10.1. The number of hydrogen-bond donors (Lipinski definition) is 1. The van der Waals surface area contributed by atoms with Crippen LogP contribution in [0.25, 0.3) is 0 Å². The van der Waals surface area contributed by atoms with E-state index in [4.69, 9.17) is 15.0 Å². The number of rotatable bonds is 4. The van der Waals surface area contributed by atoms with E-state index in [2.05, 4.69) is 26.1 Å². The molecule has 0 saturated heterocycles. The Morgan fingerprint density at radius 1 is 1.50 bits per heavy atom. The van der Waals surface area contributed by atoms with Crippen LogP contribution in [0.2, 0.25) is 0 Å². The van der Waals surface area contributed by atoms with Gasteiger partial charge in [-0.2, -0.15) is 4.98 Å². The van der Waals surface area contributed by atoms with Crippen LogP contribution in [-0.2, 0) is 6.61 Å². The lowest BCUT2D eigenvalue weighted by molar-refractivity contribution is 0.240. The number of halogens is 1. The normalized spacial score (nSPS) is 12.4. The Morgan fingerprint density at radius 2 is 2.28 bits per heavy atom. The first-order valence-electron chi connectivity index (χ1n) is 5.53. The number of ether oxygens (including phenoxy) is 1. The molecule has 0 bridgehead atoms. The third-order valence-electron chi connectivity index (χ3n) is 2.38. The average molecular weight is 312 g/mol. The Kier molecular flexibility index (Phi) is 3.98. The summed E-state index contributed by atoms with van der Waals surface area (Å²) >= 11 is 3.41. The number of nitrogens with two attached hydrogens (primary N) is 1. The molecule has 1 aromatic heterocycles. The largest absolute Gasteiger partial charge is 0.483 e. The van der Waals surface area contributed by atoms with Crippen molar-refractivity contribution in [3.63, 3.8) is 0 Å². The first-order chi connectivity index (χ1) is 8.56. The van der Waals surface area contributed by atoms with Crippen LogP contribution in [0.15, 0.2) is 27.2 Å². The molecule has 0 saturated carbocycles. The van der Waals surface area contributed by atoms with Crippen molar-refractivity contribution in [3.05, 3.63) is 40.0 Å². The molecule has 0 aliphatic heterocycles. The van der Waals surface area contributed by atoms with Crippen molar-refractivity contribution in [2.45, 2.75) is 26.5 Å². The van der Waals surface area contributed by atoms with E-state index in [1.807, 2.05) is 25.1 Å². The van der Waals surface area contributed by atoms with Crippen LogP contribution in [0.4, 0.5) is 0 Å². The summed E-state index contributed by atoms with van der Waals surface area (Å²) in [7, 11) is 0. The van der Waals surface area contributed by atoms with Gasteiger partial charge < -0.3 is 15.0 Å². The first-order valence-corrected chi connectivity index (χ1v) is 6.32. The second-order valence-electron chi connectivity index (χ2n) is 3.99. The minimum atomic E-state index is -0.109. The third kappa shape index (κ3) is 3.08. The molecule has 0 aliphatic carbocycles. The molecule has 2 aromatic rings. The van der Waals surface area contributed by atoms with Gasteiger partial charge in [-0.25, -0.2) is 0 Å². The summed E-state index contributed by atoms with van der Waals surface area (Å²) in [5, 5.41) is 3.70. The lowest BCUT2D eigenvalue weighted by Gasteiger charge is -2.13. The number of benzene rings is 1. The second kappa shape index (κ2) is 5.49. The molecule has 6 heteroatoms. The summed E-state index contributed by atoms with van der Waals surface area (Å²) in [5.74, 6) is 1.77. The molecule has 2 rings (SSSR count). The number of hydrogen-bond acceptors (Lipinski definition) is 5. The van der Waals surface area contributed by atoms with Crippen LogP contribution in [0.5, 0.6) is 5.75 Å². The maximum Gasteiger partial charge on any atom is 0.264 e. The van der Waals surface area contributed by atoms with Gasteiger partial charge in [0.1, 0.15) is 5.75 Å². The Hall–Kier alpha value is -1.40. The van der Waals surface area contributed by atoms with Gasteiger partial charge in [0.05, 0.1) is 0 Å². The monoisotopic (exact) mass is 311 g/mol. The fourth-order valence-electron chi connectivity index (χ4n) is 1.54. The Morgan fingerprint density at radius 3 is 2.89 bits per heavy atom. The van der Waals surface area contributed by atoms with Gasteiger partial charge in [-0.05, 0) is 32.0 Å². The summed E-state index contributed by atoms with van der Waals surface area (Å²) < 4.78 is 11.6. The number of nitrogens with zero attached hydrogens (tertiary/aromatic N) is 2. The molecule has 0 amide bonds. The minimum Gasteiger partial charge on any atom is -0.483 e. The van der Waals surface area contributed by atoms with E-state index in [9.17, 15) is 0 Å². The van der Waals surface area contributed by atoms with Crippen molar-refractivity contribution in [1.29, 1.82) is 0 Å². The van der Waals surface area contributed by atoms with Crippen LogP contribution in [-0.4, -0.2) is 10.1 Å². The van der Waals surface area contributed by atoms with Gasteiger partial charge in [-0.15, -0.1) is 0 Å². The van der Waals surface area contributed by atoms with E-state index >= 15 is 0 Å². The zero-order valence-corrected chi connectivity index (χ0v) is 11.8. The molecule has 1 aromatic carbocycles. The van der Waals surface area contributed by atoms with Crippen LogP contribution >= 0.6 is 15.9 Å². The average Bonchev–Trinajstić information content (AvgIpc) is 2.73. The smallest absolute Gasteiger partial charge is 0.264 e. The molecule has 0 spiro atoms. The van der Waals surface area contributed by atoms with E-state index in [-0.39, 0.29) is 12.6 Å². The molecule has 1 heterocycles. The Bertz CT molecular complexity index is 540. The van der Waals surface area contributed by atoms with Crippen molar-refractivity contribution >= 4 is 15.9 Å². The highest BCUT2D eigenvalue weighted by atomic mass is 79.9. The molecule has 1 atom stereocenters. The molecule has 0 aliphatic rings. The number of aromatic nitrogens is 2. The van der Waals surface area contributed by atoms with Gasteiger partial charge in [-0.1, -0.05) is 21.1 Å². The molecule has 0 unspecified atom stereocenters. The zero-order valence-electron chi connectivity index (χ0n) is 10.2. The highest BCUT2D eigenvalue weighted by Gasteiger charge is 2.10. The first kappa shape index (κ1) is 13.0. The predicted octanol–water partition coefficient (Wildman–Crippen LogP) is 2.74. The standard InChI is InChI=1S/C12H14BrN3O2/c1-7(14)10-5-9(13)3-4-11(10)17-6-12-15-8(2)16-18-12/h3-5,7H,6,14H2,1-2H3/t7-/m1/s1. The molecule has 0 fully saturated rings. The van der Waals surface area contributed by atoms with Gasteiger partial charge >= 0.3 is 0 Å². The Balaban J connectivity index is 2.13. The van der Waals surface area contributed by atoms with Gasteiger partial charge in [-0.3, -0.25) is 0 Å².